The van der Waals surface area contributed by atoms with Gasteiger partial charge in [-0.25, -0.2) is 9.24 Å². The van der Waals surface area contributed by atoms with E-state index in [9.17, 15) is 14.0 Å². The molecule has 0 aromatic heterocycles. The summed E-state index contributed by atoms with van der Waals surface area (Å²) in [6.45, 7) is 11.2. The highest BCUT2D eigenvalue weighted by Crippen LogP contribution is 2.46. The zero-order valence-corrected chi connectivity index (χ0v) is 19.6. The number of benzene rings is 2. The maximum atomic E-state index is 14.9. The van der Waals surface area contributed by atoms with E-state index in [1.165, 1.54) is 24.1 Å². The zero-order valence-electron chi connectivity index (χ0n) is 18.8. The maximum Gasteiger partial charge on any atom is 0.259 e. The van der Waals surface area contributed by atoms with Crippen molar-refractivity contribution in [2.75, 3.05) is 16.8 Å². The Labute approximate surface area is 198 Å². The van der Waals surface area contributed by atoms with Crippen LogP contribution in [0.3, 0.4) is 0 Å². The number of halogens is 1. The second-order valence-corrected chi connectivity index (χ2v) is 9.18. The van der Waals surface area contributed by atoms with E-state index in [1.807, 2.05) is 6.92 Å². The van der Waals surface area contributed by atoms with Crippen LogP contribution in [0, 0.1) is 25.2 Å². The molecule has 33 heavy (non-hydrogen) atoms. The minimum Gasteiger partial charge on any atom is -0.355 e. The number of hydrogen-bond acceptors (Lipinski definition) is 3. The van der Waals surface area contributed by atoms with E-state index in [-0.39, 0.29) is 16.6 Å². The molecule has 1 spiro atoms. The number of carbonyl (C=O) groups excluding carboxylic acids is 2. The number of anilines is 2. The highest BCUT2D eigenvalue weighted by atomic mass is 32.1. The summed E-state index contributed by atoms with van der Waals surface area (Å²) in [6.07, 6.45) is 3.07. The van der Waals surface area contributed by atoms with Gasteiger partial charge in [-0.15, -0.1) is 0 Å². The van der Waals surface area contributed by atoms with Gasteiger partial charge in [0.1, 0.15) is 11.4 Å². The Bertz CT molecular complexity index is 1210. The minimum absolute atomic E-state index is 0.0639. The van der Waals surface area contributed by atoms with Gasteiger partial charge in [-0.2, -0.15) is 0 Å². The Morgan fingerprint density at radius 2 is 2.00 bits per heavy atom. The lowest BCUT2D eigenvalue weighted by Crippen LogP contribution is -2.52. The predicted molar refractivity (Wildman–Crippen MR) is 130 cm³/mol. The minimum atomic E-state index is -0.915. The second-order valence-electron chi connectivity index (χ2n) is 8.82. The van der Waals surface area contributed by atoms with E-state index in [2.05, 4.69) is 17.1 Å². The molecule has 170 valence electrons. The van der Waals surface area contributed by atoms with Gasteiger partial charge in [0.25, 0.3) is 11.8 Å². The maximum absolute atomic E-state index is 14.9. The summed E-state index contributed by atoms with van der Waals surface area (Å²) in [5.74, 6) is -1.02. The third-order valence-electron chi connectivity index (χ3n) is 6.63. The standard InChI is InChI=1S/C25H25FN4O2S/c1-15-6-5-11-25(14-15)23(32)29(17-8-10-21(27-3)16(2)12-17)24(33)30(25)18-7-9-19(20(26)13-18)22(31)28-4/h7-10,12-13,15H,5-6,11,14H2,1-2,4H3,(H,28,31)/t15-,25?/m1/s1. The van der Waals surface area contributed by atoms with Crippen molar-refractivity contribution in [2.45, 2.75) is 45.1 Å². The van der Waals surface area contributed by atoms with Gasteiger partial charge in [0.2, 0.25) is 0 Å². The molecule has 0 radical (unpaired) electrons. The van der Waals surface area contributed by atoms with Crippen LogP contribution in [0.5, 0.6) is 0 Å². The van der Waals surface area contributed by atoms with Gasteiger partial charge in [-0.05, 0) is 73.8 Å². The van der Waals surface area contributed by atoms with Crippen LogP contribution in [0.25, 0.3) is 4.85 Å². The number of carbonyl (C=O) groups is 2. The summed E-state index contributed by atoms with van der Waals surface area (Å²) in [6, 6.07) is 9.55. The molecule has 2 amide bonds. The molecule has 1 saturated carbocycles. The van der Waals surface area contributed by atoms with E-state index in [4.69, 9.17) is 18.8 Å². The molecule has 4 rings (SSSR count). The van der Waals surface area contributed by atoms with Crippen LogP contribution >= 0.6 is 12.2 Å². The summed E-state index contributed by atoms with van der Waals surface area (Å²) >= 11 is 5.82. The largest absolute Gasteiger partial charge is 0.355 e. The molecule has 2 aromatic rings. The highest BCUT2D eigenvalue weighted by molar-refractivity contribution is 7.81. The molecule has 2 atom stereocenters. The van der Waals surface area contributed by atoms with Crippen LogP contribution in [0.1, 0.15) is 48.5 Å². The van der Waals surface area contributed by atoms with Crippen molar-refractivity contribution < 1.29 is 14.0 Å². The van der Waals surface area contributed by atoms with Crippen LogP contribution in [-0.2, 0) is 4.79 Å². The Kier molecular flexibility index (Phi) is 5.93. The van der Waals surface area contributed by atoms with Crippen molar-refractivity contribution in [1.82, 2.24) is 5.32 Å². The van der Waals surface area contributed by atoms with Gasteiger partial charge >= 0.3 is 0 Å². The first-order chi connectivity index (χ1) is 15.7. The van der Waals surface area contributed by atoms with Gasteiger partial charge in [0.05, 0.1) is 12.1 Å². The molecule has 1 saturated heterocycles. The van der Waals surface area contributed by atoms with E-state index >= 15 is 0 Å². The van der Waals surface area contributed by atoms with Crippen molar-refractivity contribution in [3.63, 3.8) is 0 Å². The van der Waals surface area contributed by atoms with Crippen molar-refractivity contribution >= 4 is 46.2 Å². The molecule has 1 heterocycles. The van der Waals surface area contributed by atoms with Crippen LogP contribution in [0.15, 0.2) is 36.4 Å². The SMILES string of the molecule is [C-]#[N+]c1ccc(N2C(=O)C3(CCC[C@@H](C)C3)N(c3ccc(C(=O)NC)c(F)c3)C2=S)cc1C. The molecule has 1 unspecified atom stereocenters. The van der Waals surface area contributed by atoms with Gasteiger partial charge in [0.15, 0.2) is 10.8 Å². The lowest BCUT2D eigenvalue weighted by Gasteiger charge is -2.41. The smallest absolute Gasteiger partial charge is 0.259 e. The lowest BCUT2D eigenvalue weighted by atomic mass is 9.75. The Morgan fingerprint density at radius 3 is 2.61 bits per heavy atom. The topological polar surface area (TPSA) is 57.0 Å². The van der Waals surface area contributed by atoms with E-state index < -0.39 is 17.3 Å². The molecule has 2 aliphatic rings. The average molecular weight is 465 g/mol. The molecular weight excluding hydrogens is 439 g/mol. The highest BCUT2D eigenvalue weighted by Gasteiger charge is 2.57. The fourth-order valence-electron chi connectivity index (χ4n) is 5.05. The van der Waals surface area contributed by atoms with E-state index in [0.29, 0.717) is 35.8 Å². The van der Waals surface area contributed by atoms with Crippen LogP contribution < -0.4 is 15.1 Å². The van der Waals surface area contributed by atoms with Crippen LogP contribution in [0.2, 0.25) is 0 Å². The molecule has 2 fully saturated rings. The molecule has 1 aliphatic heterocycles. The fourth-order valence-corrected chi connectivity index (χ4v) is 5.51. The molecule has 2 aromatic carbocycles. The normalized spacial score (nSPS) is 22.6. The van der Waals surface area contributed by atoms with Crippen molar-refractivity contribution in [1.29, 1.82) is 0 Å². The number of nitrogens with zero attached hydrogens (tertiary/aromatic N) is 3. The summed E-state index contributed by atoms with van der Waals surface area (Å²) in [5.41, 5.74) is 1.33. The van der Waals surface area contributed by atoms with Crippen LogP contribution in [0.4, 0.5) is 21.5 Å². The number of aryl methyl sites for hydroxylation is 1. The number of hydrogen-bond donors (Lipinski definition) is 1. The van der Waals surface area contributed by atoms with Gasteiger partial charge < -0.3 is 10.2 Å². The third-order valence-corrected chi connectivity index (χ3v) is 6.99. The van der Waals surface area contributed by atoms with Crippen LogP contribution in [-0.4, -0.2) is 29.5 Å². The zero-order chi connectivity index (χ0) is 23.9. The van der Waals surface area contributed by atoms with Crippen molar-refractivity contribution in [3.8, 4) is 0 Å². The van der Waals surface area contributed by atoms with Gasteiger partial charge in [0, 0.05) is 18.4 Å². The summed E-state index contributed by atoms with van der Waals surface area (Å²) < 4.78 is 14.9. The number of rotatable bonds is 3. The average Bonchev–Trinajstić information content (AvgIpc) is 2.98. The molecule has 0 bridgehead atoms. The Balaban J connectivity index is 1.84. The molecule has 8 heteroatoms. The summed E-state index contributed by atoms with van der Waals surface area (Å²) in [4.78, 5) is 32.7. The molecule has 1 aliphatic carbocycles. The van der Waals surface area contributed by atoms with Crippen molar-refractivity contribution in [3.05, 3.63) is 64.8 Å². The third kappa shape index (κ3) is 3.66. The number of nitrogens with one attached hydrogen (secondary N) is 1. The molecule has 1 N–H and O–H groups in total. The summed E-state index contributed by atoms with van der Waals surface area (Å²) in [5, 5.41) is 2.71. The lowest BCUT2D eigenvalue weighted by molar-refractivity contribution is -0.122. The predicted octanol–water partition coefficient (Wildman–Crippen LogP) is 5.13. The molecule has 6 nitrogen and oxygen atoms in total. The first-order valence-corrected chi connectivity index (χ1v) is 11.3. The Hall–Kier alpha value is -3.31. The fraction of sp³-hybridized carbons (Fsp3) is 0.360. The monoisotopic (exact) mass is 464 g/mol. The molecular formula is C25H25FN4O2S. The quantitative estimate of drug-likeness (QED) is 0.505. The van der Waals surface area contributed by atoms with E-state index in [0.717, 1.165) is 18.4 Å². The van der Waals surface area contributed by atoms with E-state index in [1.54, 1.807) is 29.2 Å². The van der Waals surface area contributed by atoms with Crippen molar-refractivity contribution in [2.24, 2.45) is 5.92 Å². The number of thiocarbonyl (C=S) groups is 1. The summed E-state index contributed by atoms with van der Waals surface area (Å²) in [7, 11) is 1.45. The first-order valence-electron chi connectivity index (χ1n) is 10.9. The first kappa shape index (κ1) is 22.9. The Morgan fingerprint density at radius 1 is 1.27 bits per heavy atom. The van der Waals surface area contributed by atoms with Gasteiger partial charge in [-0.3, -0.25) is 14.5 Å². The second kappa shape index (κ2) is 8.56. The number of amides is 2. The van der Waals surface area contributed by atoms with Gasteiger partial charge in [-0.1, -0.05) is 25.8 Å².